The maximum atomic E-state index is 12.9. The normalized spacial score (nSPS) is 20.2. The molecule has 0 radical (unpaired) electrons. The summed E-state index contributed by atoms with van der Waals surface area (Å²) in [6.45, 7) is 27.6. The van der Waals surface area contributed by atoms with E-state index in [0.717, 1.165) is 35.5 Å². The molecule has 4 N–H and O–H groups in total. The largest absolute Gasteiger partial charge is 0.550 e. The summed E-state index contributed by atoms with van der Waals surface area (Å²) >= 11 is 1.61. The second-order valence-corrected chi connectivity index (χ2v) is 18.0. The number of epoxide rings is 1. The van der Waals surface area contributed by atoms with Gasteiger partial charge in [0.15, 0.2) is 0 Å². The standard InChI is InChI=1S/C27H44N2O6S.C16H36N.CH4/c1-15(24(33)17(3)25(34)26(5,6)21(30)13-23(31)32)9-8-10-27(7)22(35-27)12-20(28)16(2)11-19-14-36-18(4)29-19;1-5-9-13-17(14-10-6-2,15-11-7-3)16-12-8-4;/h11,14-15,17,20-22,24,30,33H,8-10,12-13,28H2,1-7H3,(H,31,32);5-16H2,1-4H3;1H4/q;+1;/p-1/b16-11+;;/t15-,17+,20?,21-,22-,24-,27+;;/m0../s1. The number of carbonyl (C=O) groups is 2. The van der Waals surface area contributed by atoms with Crippen LogP contribution in [0, 0.1) is 24.2 Å². The number of aliphatic carboxylic acids is 1. The highest BCUT2D eigenvalue weighted by molar-refractivity contribution is 7.09. The molecule has 1 aromatic rings. The molecule has 54 heavy (non-hydrogen) atoms. The molecule has 10 heteroatoms. The van der Waals surface area contributed by atoms with Gasteiger partial charge in [-0.3, -0.25) is 4.79 Å². The number of thiazole rings is 1. The van der Waals surface area contributed by atoms with E-state index in [4.69, 9.17) is 10.5 Å². The van der Waals surface area contributed by atoms with E-state index in [0.29, 0.717) is 6.42 Å². The molecule has 2 heterocycles. The molecule has 0 spiro atoms. The number of aliphatic hydroxyl groups excluding tert-OH is 2. The van der Waals surface area contributed by atoms with Gasteiger partial charge in [-0.05, 0) is 77.7 Å². The number of ketones is 1. The fourth-order valence-electron chi connectivity index (χ4n) is 7.41. The number of Topliss-reactive ketones (excluding diaryl/α,β-unsaturated/α-hetero) is 1. The molecule has 316 valence electrons. The summed E-state index contributed by atoms with van der Waals surface area (Å²) in [5.41, 5.74) is 6.87. The highest BCUT2D eigenvalue weighted by Gasteiger charge is 2.51. The van der Waals surface area contributed by atoms with Crippen molar-refractivity contribution in [1.29, 1.82) is 0 Å². The van der Waals surface area contributed by atoms with E-state index in [-0.39, 0.29) is 36.9 Å². The van der Waals surface area contributed by atoms with Crippen LogP contribution >= 0.6 is 11.3 Å². The Labute approximate surface area is 335 Å². The minimum absolute atomic E-state index is 0. The molecule has 1 aliphatic rings. The Balaban J connectivity index is 0.00000132. The number of hydrogen-bond acceptors (Lipinski definition) is 9. The monoisotopic (exact) mass is 782 g/mol. The molecule has 1 saturated heterocycles. The summed E-state index contributed by atoms with van der Waals surface area (Å²) in [6, 6.07) is -0.109. The van der Waals surface area contributed by atoms with Gasteiger partial charge < -0.3 is 35.1 Å². The average Bonchev–Trinajstić information content (AvgIpc) is 3.55. The first-order valence-electron chi connectivity index (χ1n) is 20.8. The van der Waals surface area contributed by atoms with Gasteiger partial charge in [0.05, 0.1) is 60.8 Å². The minimum Gasteiger partial charge on any atom is -0.550 e. The number of quaternary nitrogens is 1. The lowest BCUT2D eigenvalue weighted by Gasteiger charge is -2.39. The second kappa shape index (κ2) is 25.5. The van der Waals surface area contributed by atoms with Crippen LogP contribution in [0.4, 0.5) is 0 Å². The molecular formula is C44H83N3O6S. The highest BCUT2D eigenvalue weighted by atomic mass is 32.1. The van der Waals surface area contributed by atoms with Gasteiger partial charge >= 0.3 is 0 Å². The second-order valence-electron chi connectivity index (χ2n) is 16.9. The number of hydrogen-bond donors (Lipinski definition) is 3. The number of nitrogens with two attached hydrogens (primary N) is 1. The Morgan fingerprint density at radius 2 is 1.52 bits per heavy atom. The lowest BCUT2D eigenvalue weighted by Crippen LogP contribution is -2.50. The molecule has 9 nitrogen and oxygen atoms in total. The number of aromatic nitrogens is 1. The van der Waals surface area contributed by atoms with Gasteiger partial charge in [0.25, 0.3) is 0 Å². The average molecular weight is 782 g/mol. The number of nitrogens with zero attached hydrogens (tertiary/aromatic N) is 2. The fourth-order valence-corrected chi connectivity index (χ4v) is 7.98. The van der Waals surface area contributed by atoms with E-state index in [1.165, 1.54) is 95.9 Å². The van der Waals surface area contributed by atoms with E-state index >= 15 is 0 Å². The third-order valence-corrected chi connectivity index (χ3v) is 12.5. The summed E-state index contributed by atoms with van der Waals surface area (Å²) in [7, 11) is 0. The van der Waals surface area contributed by atoms with Crippen molar-refractivity contribution in [1.82, 2.24) is 4.98 Å². The predicted octanol–water partition coefficient (Wildman–Crippen LogP) is 8.27. The summed E-state index contributed by atoms with van der Waals surface area (Å²) < 4.78 is 7.41. The van der Waals surface area contributed by atoms with Crippen LogP contribution in [-0.2, 0) is 14.3 Å². The number of unbranched alkanes of at least 4 members (excludes halogenated alkanes) is 4. The molecule has 7 atom stereocenters. The Kier molecular flexibility index (Phi) is 24.7. The Morgan fingerprint density at radius 1 is 1.02 bits per heavy atom. The first kappa shape index (κ1) is 52.3. The van der Waals surface area contributed by atoms with Crippen LogP contribution in [0.3, 0.4) is 0 Å². The number of carboxylic acid groups (broad SMARTS) is 1. The van der Waals surface area contributed by atoms with Gasteiger partial charge in [0.1, 0.15) is 5.78 Å². The van der Waals surface area contributed by atoms with Crippen LogP contribution in [0.25, 0.3) is 6.08 Å². The summed E-state index contributed by atoms with van der Waals surface area (Å²) in [5, 5.41) is 34.8. The molecule has 0 aromatic carbocycles. The number of ether oxygens (including phenoxy) is 1. The number of carboxylic acids is 1. The van der Waals surface area contributed by atoms with Crippen LogP contribution in [0.2, 0.25) is 0 Å². The van der Waals surface area contributed by atoms with Crippen molar-refractivity contribution in [3.63, 3.8) is 0 Å². The van der Waals surface area contributed by atoms with Crippen molar-refractivity contribution >= 4 is 29.2 Å². The third kappa shape index (κ3) is 17.6. The molecule has 2 rings (SSSR count). The van der Waals surface area contributed by atoms with E-state index in [1.807, 2.05) is 32.2 Å². The van der Waals surface area contributed by atoms with Crippen LogP contribution in [-0.4, -0.2) is 87.6 Å². The lowest BCUT2D eigenvalue weighted by atomic mass is 9.73. The van der Waals surface area contributed by atoms with E-state index < -0.39 is 35.9 Å². The molecule has 0 aliphatic carbocycles. The lowest BCUT2D eigenvalue weighted by molar-refractivity contribution is -0.929. The molecule has 0 bridgehead atoms. The molecule has 0 amide bonds. The van der Waals surface area contributed by atoms with Gasteiger partial charge in [-0.15, -0.1) is 11.3 Å². The third-order valence-electron chi connectivity index (χ3n) is 11.7. The highest BCUT2D eigenvalue weighted by Crippen LogP contribution is 2.44. The molecule has 1 unspecified atom stereocenters. The Bertz CT molecular complexity index is 1200. The number of carbonyl (C=O) groups excluding carboxylic acids is 2. The zero-order valence-corrected chi connectivity index (χ0v) is 36.4. The van der Waals surface area contributed by atoms with Gasteiger partial charge in [0.2, 0.25) is 0 Å². The molecular weight excluding hydrogens is 699 g/mol. The predicted molar refractivity (Wildman–Crippen MR) is 225 cm³/mol. The minimum atomic E-state index is -1.42. The van der Waals surface area contributed by atoms with Crippen molar-refractivity contribution in [2.45, 2.75) is 197 Å². The van der Waals surface area contributed by atoms with Gasteiger partial charge in [0, 0.05) is 35.1 Å². The van der Waals surface area contributed by atoms with E-state index in [1.54, 1.807) is 18.3 Å². The van der Waals surface area contributed by atoms with E-state index in [2.05, 4.69) is 39.6 Å². The van der Waals surface area contributed by atoms with Gasteiger partial charge in [-0.25, -0.2) is 4.98 Å². The van der Waals surface area contributed by atoms with E-state index in [9.17, 15) is 24.9 Å². The van der Waals surface area contributed by atoms with Crippen LogP contribution in [0.1, 0.15) is 171 Å². The summed E-state index contributed by atoms with van der Waals surface area (Å²) in [5.74, 6) is -2.66. The molecule has 0 saturated carbocycles. The smallest absolute Gasteiger partial charge is 0.146 e. The first-order chi connectivity index (χ1) is 24.8. The maximum Gasteiger partial charge on any atom is 0.146 e. The zero-order chi connectivity index (χ0) is 40.4. The molecule has 1 aromatic heterocycles. The van der Waals surface area contributed by atoms with Gasteiger partial charge in [-0.1, -0.05) is 100 Å². The topological polar surface area (TPSA) is 149 Å². The number of rotatable bonds is 27. The first-order valence-corrected chi connectivity index (χ1v) is 21.7. The quantitative estimate of drug-likeness (QED) is 0.0597. The van der Waals surface area contributed by atoms with Crippen molar-refractivity contribution in [2.75, 3.05) is 26.2 Å². The summed E-state index contributed by atoms with van der Waals surface area (Å²) in [6.07, 6.45) is 13.4. The maximum absolute atomic E-state index is 12.9. The van der Waals surface area contributed by atoms with Crippen LogP contribution in [0.5, 0.6) is 0 Å². The van der Waals surface area contributed by atoms with Crippen molar-refractivity contribution < 1.29 is 34.1 Å². The van der Waals surface area contributed by atoms with Crippen molar-refractivity contribution in [2.24, 2.45) is 23.0 Å². The van der Waals surface area contributed by atoms with Crippen molar-refractivity contribution in [3.8, 4) is 0 Å². The summed E-state index contributed by atoms with van der Waals surface area (Å²) in [4.78, 5) is 28.2. The Hall–Kier alpha value is -1.69. The SMILES string of the molecule is C.C/C(=C\c1csc(C)n1)C(N)C[C@@H]1O[C@]1(C)CCC[C@H](C)[C@H](O)[C@@H](C)C(=O)C(C)(C)[C@@H](O)CC(=O)[O-].CCCC[N+](CCCC)(CCCC)CCCC. The number of aryl methyl sites for hydroxylation is 1. The zero-order valence-electron chi connectivity index (χ0n) is 35.5. The fraction of sp³-hybridized carbons (Fsp3) is 0.841. The molecule has 1 fully saturated rings. The van der Waals surface area contributed by atoms with Crippen LogP contribution < -0.4 is 10.8 Å². The molecule has 1 aliphatic heterocycles. The van der Waals surface area contributed by atoms with Crippen molar-refractivity contribution in [3.05, 3.63) is 21.7 Å². The van der Waals surface area contributed by atoms with Crippen LogP contribution in [0.15, 0.2) is 11.0 Å². The number of aliphatic hydroxyl groups is 2. The van der Waals surface area contributed by atoms with Gasteiger partial charge in [-0.2, -0.15) is 0 Å². The Morgan fingerprint density at radius 3 is 1.94 bits per heavy atom.